The van der Waals surface area contributed by atoms with E-state index in [1.807, 2.05) is 0 Å². The Bertz CT molecular complexity index is 989. The molecule has 2 unspecified atom stereocenters. The summed E-state index contributed by atoms with van der Waals surface area (Å²) >= 11 is 0. The first-order valence-corrected chi connectivity index (χ1v) is 11.0. The van der Waals surface area contributed by atoms with Crippen molar-refractivity contribution in [1.82, 2.24) is 30.1 Å². The van der Waals surface area contributed by atoms with Crippen LogP contribution in [-0.2, 0) is 4.79 Å². The minimum absolute atomic E-state index is 0.00278. The SMILES string of the molecule is CN(C)C(=O)C1CN(C2CCCC2)CCC1NC(=O)c1cn(-c2ccc(F)cc2F)nn1. The summed E-state index contributed by atoms with van der Waals surface area (Å²) in [5.74, 6) is -2.36. The van der Waals surface area contributed by atoms with Gasteiger partial charge in [-0.2, -0.15) is 0 Å². The van der Waals surface area contributed by atoms with Crippen molar-refractivity contribution in [2.75, 3.05) is 27.2 Å². The Hall–Kier alpha value is -2.88. The fraction of sp³-hybridized carbons (Fsp3) is 0.545. The van der Waals surface area contributed by atoms with Crippen molar-refractivity contribution < 1.29 is 18.4 Å². The molecule has 1 aromatic carbocycles. The van der Waals surface area contributed by atoms with E-state index >= 15 is 0 Å². The van der Waals surface area contributed by atoms with Gasteiger partial charge in [0.2, 0.25) is 5.91 Å². The number of rotatable bonds is 5. The van der Waals surface area contributed by atoms with Gasteiger partial charge in [0.1, 0.15) is 11.5 Å². The van der Waals surface area contributed by atoms with E-state index in [4.69, 9.17) is 0 Å². The Morgan fingerprint density at radius 2 is 1.91 bits per heavy atom. The summed E-state index contributed by atoms with van der Waals surface area (Å²) in [5.41, 5.74) is -0.00789. The molecule has 2 aliphatic rings. The van der Waals surface area contributed by atoms with Crippen LogP contribution in [0.3, 0.4) is 0 Å². The molecule has 1 aromatic heterocycles. The van der Waals surface area contributed by atoms with Crippen LogP contribution >= 0.6 is 0 Å². The molecule has 1 aliphatic carbocycles. The lowest BCUT2D eigenvalue weighted by atomic mass is 9.89. The number of nitrogens with zero attached hydrogens (tertiary/aromatic N) is 5. The molecule has 0 spiro atoms. The number of amides is 2. The second kappa shape index (κ2) is 9.32. The number of aromatic nitrogens is 3. The van der Waals surface area contributed by atoms with Gasteiger partial charge in [0.15, 0.2) is 11.5 Å². The van der Waals surface area contributed by atoms with Gasteiger partial charge in [0.25, 0.3) is 5.91 Å². The molecule has 0 radical (unpaired) electrons. The molecule has 32 heavy (non-hydrogen) atoms. The fourth-order valence-electron chi connectivity index (χ4n) is 4.73. The van der Waals surface area contributed by atoms with Gasteiger partial charge in [-0.25, -0.2) is 13.5 Å². The molecule has 2 aromatic rings. The van der Waals surface area contributed by atoms with Gasteiger partial charge in [-0.15, -0.1) is 5.10 Å². The molecule has 2 fully saturated rings. The van der Waals surface area contributed by atoms with Crippen LogP contribution in [0.5, 0.6) is 0 Å². The van der Waals surface area contributed by atoms with Crippen molar-refractivity contribution in [3.63, 3.8) is 0 Å². The van der Waals surface area contributed by atoms with E-state index in [9.17, 15) is 18.4 Å². The summed E-state index contributed by atoms with van der Waals surface area (Å²) in [5, 5.41) is 10.6. The Morgan fingerprint density at radius 3 is 2.59 bits per heavy atom. The molecule has 1 aliphatic heterocycles. The summed E-state index contributed by atoms with van der Waals surface area (Å²) in [6.07, 6.45) is 6.71. The largest absolute Gasteiger partial charge is 0.348 e. The Labute approximate surface area is 185 Å². The minimum Gasteiger partial charge on any atom is -0.348 e. The van der Waals surface area contributed by atoms with Gasteiger partial charge in [0.05, 0.1) is 12.1 Å². The highest BCUT2D eigenvalue weighted by molar-refractivity contribution is 5.92. The molecular weight excluding hydrogens is 418 g/mol. The zero-order valence-electron chi connectivity index (χ0n) is 18.3. The number of likely N-dealkylation sites (tertiary alicyclic amines) is 1. The highest BCUT2D eigenvalue weighted by Crippen LogP contribution is 2.29. The second-order valence-electron chi connectivity index (χ2n) is 8.79. The molecule has 4 rings (SSSR count). The fourth-order valence-corrected chi connectivity index (χ4v) is 4.73. The molecule has 1 saturated heterocycles. The first-order chi connectivity index (χ1) is 15.3. The number of hydrogen-bond donors (Lipinski definition) is 1. The van der Waals surface area contributed by atoms with Gasteiger partial charge in [-0.05, 0) is 31.4 Å². The number of carbonyl (C=O) groups excluding carboxylic acids is 2. The van der Waals surface area contributed by atoms with E-state index in [2.05, 4.69) is 20.5 Å². The second-order valence-corrected chi connectivity index (χ2v) is 8.79. The average Bonchev–Trinajstić information content (AvgIpc) is 3.46. The number of benzene rings is 1. The predicted octanol–water partition coefficient (Wildman–Crippen LogP) is 2.00. The molecule has 1 N–H and O–H groups in total. The van der Waals surface area contributed by atoms with Gasteiger partial charge in [-0.1, -0.05) is 18.1 Å². The highest BCUT2D eigenvalue weighted by atomic mass is 19.1. The number of nitrogens with one attached hydrogen (secondary N) is 1. The topological polar surface area (TPSA) is 83.4 Å². The van der Waals surface area contributed by atoms with Crippen LogP contribution in [0.15, 0.2) is 24.4 Å². The van der Waals surface area contributed by atoms with E-state index in [1.165, 1.54) is 25.1 Å². The lowest BCUT2D eigenvalue weighted by Gasteiger charge is -2.41. The third-order valence-electron chi connectivity index (χ3n) is 6.44. The molecule has 1 saturated carbocycles. The van der Waals surface area contributed by atoms with E-state index in [1.54, 1.807) is 19.0 Å². The first kappa shape index (κ1) is 22.3. The first-order valence-electron chi connectivity index (χ1n) is 11.0. The van der Waals surface area contributed by atoms with Crippen LogP contribution in [0, 0.1) is 17.6 Å². The van der Waals surface area contributed by atoms with E-state index in [0.29, 0.717) is 19.0 Å². The molecule has 172 valence electrons. The Balaban J connectivity index is 1.47. The minimum atomic E-state index is -0.808. The standard InChI is InChI=1S/C22H28F2N6O2/c1-28(2)22(32)16-12-29(15-5-3-4-6-15)10-9-18(16)25-21(31)19-13-30(27-26-19)20-8-7-14(23)11-17(20)24/h7-8,11,13,15-16,18H,3-6,9-10,12H2,1-2H3,(H,25,31). The number of carbonyl (C=O) groups is 2. The lowest BCUT2D eigenvalue weighted by molar-refractivity contribution is -0.136. The molecule has 2 heterocycles. The van der Waals surface area contributed by atoms with E-state index in [-0.39, 0.29) is 29.2 Å². The van der Waals surface area contributed by atoms with Crippen LogP contribution in [0.4, 0.5) is 8.78 Å². The molecule has 8 nitrogen and oxygen atoms in total. The third-order valence-corrected chi connectivity index (χ3v) is 6.44. The normalized spacial score (nSPS) is 22.1. The van der Waals surface area contributed by atoms with Crippen molar-refractivity contribution in [3.05, 3.63) is 41.7 Å². The molecule has 2 atom stereocenters. The average molecular weight is 447 g/mol. The maximum Gasteiger partial charge on any atom is 0.273 e. The number of halogens is 2. The van der Waals surface area contributed by atoms with Gasteiger partial charge < -0.3 is 10.2 Å². The van der Waals surface area contributed by atoms with Gasteiger partial charge >= 0.3 is 0 Å². The quantitative estimate of drug-likeness (QED) is 0.760. The van der Waals surface area contributed by atoms with Crippen molar-refractivity contribution >= 4 is 11.8 Å². The summed E-state index contributed by atoms with van der Waals surface area (Å²) in [6.45, 7) is 1.43. The number of hydrogen-bond acceptors (Lipinski definition) is 5. The van der Waals surface area contributed by atoms with Crippen molar-refractivity contribution in [2.45, 2.75) is 44.2 Å². The Kier molecular flexibility index (Phi) is 6.50. The third kappa shape index (κ3) is 4.64. The smallest absolute Gasteiger partial charge is 0.273 e. The molecule has 10 heteroatoms. The van der Waals surface area contributed by atoms with Crippen LogP contribution < -0.4 is 5.32 Å². The lowest BCUT2D eigenvalue weighted by Crippen LogP contribution is -2.57. The van der Waals surface area contributed by atoms with Crippen LogP contribution in [0.2, 0.25) is 0 Å². The molecular formula is C22H28F2N6O2. The van der Waals surface area contributed by atoms with Crippen molar-refractivity contribution in [3.8, 4) is 5.69 Å². The molecule has 2 amide bonds. The monoisotopic (exact) mass is 446 g/mol. The number of piperidine rings is 1. The Morgan fingerprint density at radius 1 is 1.16 bits per heavy atom. The highest BCUT2D eigenvalue weighted by Gasteiger charge is 2.39. The summed E-state index contributed by atoms with van der Waals surface area (Å²) in [4.78, 5) is 29.7. The van der Waals surface area contributed by atoms with Crippen LogP contribution in [-0.4, -0.2) is 75.9 Å². The summed E-state index contributed by atoms with van der Waals surface area (Å²) in [7, 11) is 3.44. The van der Waals surface area contributed by atoms with Crippen LogP contribution in [0.1, 0.15) is 42.6 Å². The summed E-state index contributed by atoms with van der Waals surface area (Å²) < 4.78 is 28.3. The maximum absolute atomic E-state index is 14.0. The van der Waals surface area contributed by atoms with E-state index in [0.717, 1.165) is 36.2 Å². The zero-order chi connectivity index (χ0) is 22.8. The van der Waals surface area contributed by atoms with E-state index < -0.39 is 17.5 Å². The van der Waals surface area contributed by atoms with Gasteiger partial charge in [-0.3, -0.25) is 14.5 Å². The zero-order valence-corrected chi connectivity index (χ0v) is 18.3. The van der Waals surface area contributed by atoms with Crippen LogP contribution in [0.25, 0.3) is 5.69 Å². The predicted molar refractivity (Wildman–Crippen MR) is 113 cm³/mol. The summed E-state index contributed by atoms with van der Waals surface area (Å²) in [6, 6.07) is 3.25. The van der Waals surface area contributed by atoms with Gasteiger partial charge in [0, 0.05) is 45.3 Å². The molecule has 0 bridgehead atoms. The van der Waals surface area contributed by atoms with Crippen molar-refractivity contribution in [1.29, 1.82) is 0 Å². The van der Waals surface area contributed by atoms with Crippen molar-refractivity contribution in [2.24, 2.45) is 5.92 Å². The maximum atomic E-state index is 14.0.